The first-order chi connectivity index (χ1) is 7.04. The van der Waals surface area contributed by atoms with Gasteiger partial charge in [-0.25, -0.2) is 9.79 Å². The van der Waals surface area contributed by atoms with E-state index in [1.807, 2.05) is 0 Å². The summed E-state index contributed by atoms with van der Waals surface area (Å²) >= 11 is 5.47. The fourth-order valence-electron chi connectivity index (χ4n) is 1.15. The molecule has 15 heavy (non-hydrogen) atoms. The Morgan fingerprint density at radius 1 is 1.60 bits per heavy atom. The van der Waals surface area contributed by atoms with Gasteiger partial charge in [-0.1, -0.05) is 0 Å². The molecular formula is C10H11ClN2O2. The molecule has 0 atom stereocenters. The molecule has 0 saturated heterocycles. The van der Waals surface area contributed by atoms with Gasteiger partial charge < -0.3 is 10.8 Å². The molecule has 0 aliphatic heterocycles. The van der Waals surface area contributed by atoms with Crippen LogP contribution in [0.5, 0.6) is 0 Å². The van der Waals surface area contributed by atoms with E-state index in [0.717, 1.165) is 0 Å². The van der Waals surface area contributed by atoms with E-state index in [2.05, 4.69) is 4.99 Å². The number of amidine groups is 1. The second kappa shape index (κ2) is 4.79. The molecule has 1 rings (SSSR count). The van der Waals surface area contributed by atoms with Crippen molar-refractivity contribution >= 4 is 29.1 Å². The second-order valence-corrected chi connectivity index (χ2v) is 3.31. The molecule has 0 heterocycles. The molecule has 1 aromatic carbocycles. The number of aliphatic imine (C=N–C) groups is 1. The highest BCUT2D eigenvalue weighted by Crippen LogP contribution is 2.17. The smallest absolute Gasteiger partial charge is 0.335 e. The van der Waals surface area contributed by atoms with Crippen LogP contribution in [0, 0.1) is 6.92 Å². The van der Waals surface area contributed by atoms with Crippen LogP contribution in [0.3, 0.4) is 0 Å². The molecule has 3 N–H and O–H groups in total. The predicted octanol–water partition coefficient (Wildman–Crippen LogP) is 1.92. The highest BCUT2D eigenvalue weighted by Gasteiger charge is 2.06. The van der Waals surface area contributed by atoms with Crippen molar-refractivity contribution in [1.82, 2.24) is 0 Å². The number of carbonyl (C=O) groups is 1. The molecule has 1 aromatic rings. The van der Waals surface area contributed by atoms with E-state index in [9.17, 15) is 4.79 Å². The number of hydrogen-bond donors (Lipinski definition) is 2. The number of benzene rings is 1. The molecule has 0 fully saturated rings. The molecule has 0 saturated carbocycles. The summed E-state index contributed by atoms with van der Waals surface area (Å²) in [6, 6.07) is 4.75. The molecule has 5 heteroatoms. The first-order valence-corrected chi connectivity index (χ1v) is 4.81. The SMILES string of the molecule is Cc1cc(N=C(N)CCl)ccc1C(=O)O. The van der Waals surface area contributed by atoms with Crippen LogP contribution in [0.1, 0.15) is 15.9 Å². The number of hydrogen-bond acceptors (Lipinski definition) is 2. The normalized spacial score (nSPS) is 11.5. The van der Waals surface area contributed by atoms with E-state index in [1.54, 1.807) is 19.1 Å². The van der Waals surface area contributed by atoms with E-state index < -0.39 is 5.97 Å². The van der Waals surface area contributed by atoms with E-state index in [4.69, 9.17) is 22.4 Å². The van der Waals surface area contributed by atoms with Crippen molar-refractivity contribution in [2.45, 2.75) is 6.92 Å². The third-order valence-electron chi connectivity index (χ3n) is 1.85. The van der Waals surface area contributed by atoms with Gasteiger partial charge in [-0.15, -0.1) is 11.6 Å². The van der Waals surface area contributed by atoms with Crippen LogP contribution in [-0.4, -0.2) is 22.8 Å². The Morgan fingerprint density at radius 3 is 2.73 bits per heavy atom. The molecule has 0 spiro atoms. The van der Waals surface area contributed by atoms with Gasteiger partial charge in [-0.2, -0.15) is 0 Å². The van der Waals surface area contributed by atoms with Crippen molar-refractivity contribution in [2.24, 2.45) is 10.7 Å². The average molecular weight is 227 g/mol. The lowest BCUT2D eigenvalue weighted by atomic mass is 10.1. The Labute approximate surface area is 92.4 Å². The monoisotopic (exact) mass is 226 g/mol. The zero-order valence-electron chi connectivity index (χ0n) is 8.20. The number of rotatable bonds is 3. The Hall–Kier alpha value is -1.55. The largest absolute Gasteiger partial charge is 0.478 e. The number of aryl methyl sites for hydroxylation is 1. The van der Waals surface area contributed by atoms with Crippen LogP contribution in [-0.2, 0) is 0 Å². The third-order valence-corrected chi connectivity index (χ3v) is 2.12. The fourth-order valence-corrected chi connectivity index (χ4v) is 1.21. The minimum Gasteiger partial charge on any atom is -0.478 e. The number of carboxylic acid groups (broad SMARTS) is 1. The van der Waals surface area contributed by atoms with Crippen LogP contribution in [0.4, 0.5) is 5.69 Å². The molecule has 0 bridgehead atoms. The predicted molar refractivity (Wildman–Crippen MR) is 60.1 cm³/mol. The quantitative estimate of drug-likeness (QED) is 0.470. The van der Waals surface area contributed by atoms with E-state index in [-0.39, 0.29) is 11.4 Å². The van der Waals surface area contributed by atoms with Crippen molar-refractivity contribution in [3.8, 4) is 0 Å². The number of alkyl halides is 1. The van der Waals surface area contributed by atoms with Crippen molar-refractivity contribution < 1.29 is 9.90 Å². The molecule has 0 aromatic heterocycles. The lowest BCUT2D eigenvalue weighted by Crippen LogP contribution is -2.12. The molecule has 4 nitrogen and oxygen atoms in total. The fraction of sp³-hybridized carbons (Fsp3) is 0.200. The lowest BCUT2D eigenvalue weighted by Gasteiger charge is -2.02. The summed E-state index contributed by atoms with van der Waals surface area (Å²) in [7, 11) is 0. The molecule has 0 amide bonds. The standard InChI is InChI=1S/C10H11ClN2O2/c1-6-4-7(13-9(12)5-11)2-3-8(6)10(14)15/h2-4H,5H2,1H3,(H2,12,13)(H,14,15). The van der Waals surface area contributed by atoms with Crippen molar-refractivity contribution in [3.05, 3.63) is 29.3 Å². The average Bonchev–Trinajstić information content (AvgIpc) is 2.17. The number of halogens is 1. The maximum Gasteiger partial charge on any atom is 0.335 e. The van der Waals surface area contributed by atoms with E-state index in [1.165, 1.54) is 6.07 Å². The summed E-state index contributed by atoms with van der Waals surface area (Å²) < 4.78 is 0. The maximum atomic E-state index is 10.7. The van der Waals surface area contributed by atoms with Gasteiger partial charge in [0.05, 0.1) is 17.1 Å². The first kappa shape index (κ1) is 11.5. The summed E-state index contributed by atoms with van der Waals surface area (Å²) in [6.07, 6.45) is 0. The topological polar surface area (TPSA) is 75.7 Å². The molecule has 0 aliphatic carbocycles. The molecule has 0 unspecified atom stereocenters. The zero-order valence-corrected chi connectivity index (χ0v) is 8.95. The first-order valence-electron chi connectivity index (χ1n) is 4.27. The lowest BCUT2D eigenvalue weighted by molar-refractivity contribution is 0.0696. The number of nitrogens with two attached hydrogens (primary N) is 1. The van der Waals surface area contributed by atoms with Crippen molar-refractivity contribution in [3.63, 3.8) is 0 Å². The highest BCUT2D eigenvalue weighted by atomic mass is 35.5. The minimum absolute atomic E-state index is 0.153. The second-order valence-electron chi connectivity index (χ2n) is 3.04. The van der Waals surface area contributed by atoms with Gasteiger partial charge in [0.25, 0.3) is 0 Å². The molecule has 0 radical (unpaired) electrons. The van der Waals surface area contributed by atoms with Crippen molar-refractivity contribution in [1.29, 1.82) is 0 Å². The minimum atomic E-state index is -0.951. The van der Waals surface area contributed by atoms with Gasteiger partial charge in [0.1, 0.15) is 5.84 Å². The molecule has 0 aliphatic rings. The van der Waals surface area contributed by atoms with Crippen LogP contribution < -0.4 is 5.73 Å². The van der Waals surface area contributed by atoms with Gasteiger partial charge in [0.15, 0.2) is 0 Å². The Bertz CT molecular complexity index is 416. The summed E-state index contributed by atoms with van der Waals surface area (Å²) in [5.74, 6) is -0.493. The van der Waals surface area contributed by atoms with Crippen LogP contribution in [0.25, 0.3) is 0 Å². The number of carboxylic acids is 1. The summed E-state index contributed by atoms with van der Waals surface area (Å²) in [5.41, 5.74) is 6.97. The van der Waals surface area contributed by atoms with Crippen LogP contribution in [0.2, 0.25) is 0 Å². The third kappa shape index (κ3) is 2.95. The van der Waals surface area contributed by atoms with Crippen molar-refractivity contribution in [2.75, 3.05) is 5.88 Å². The van der Waals surface area contributed by atoms with Gasteiger partial charge in [0, 0.05) is 0 Å². The van der Waals surface area contributed by atoms with Crippen LogP contribution >= 0.6 is 11.6 Å². The molecular weight excluding hydrogens is 216 g/mol. The Morgan fingerprint density at radius 2 is 2.27 bits per heavy atom. The summed E-state index contributed by atoms with van der Waals surface area (Å²) in [4.78, 5) is 14.7. The molecule has 80 valence electrons. The summed E-state index contributed by atoms with van der Waals surface area (Å²) in [6.45, 7) is 1.71. The van der Waals surface area contributed by atoms with E-state index >= 15 is 0 Å². The van der Waals surface area contributed by atoms with Gasteiger partial charge in [-0.3, -0.25) is 0 Å². The van der Waals surface area contributed by atoms with E-state index in [0.29, 0.717) is 17.1 Å². The van der Waals surface area contributed by atoms with Gasteiger partial charge in [0.2, 0.25) is 0 Å². The highest BCUT2D eigenvalue weighted by molar-refractivity contribution is 6.28. The zero-order chi connectivity index (χ0) is 11.4. The van der Waals surface area contributed by atoms with Gasteiger partial charge >= 0.3 is 5.97 Å². The summed E-state index contributed by atoms with van der Waals surface area (Å²) in [5, 5.41) is 8.80. The number of nitrogens with zero attached hydrogens (tertiary/aromatic N) is 1. The Balaban J connectivity index is 3.07. The number of aromatic carboxylic acids is 1. The Kier molecular flexibility index (Phi) is 3.68. The van der Waals surface area contributed by atoms with Gasteiger partial charge in [-0.05, 0) is 30.7 Å². The maximum absolute atomic E-state index is 10.7. The van der Waals surface area contributed by atoms with Crippen LogP contribution in [0.15, 0.2) is 23.2 Å².